The number of benzene rings is 1. The molecule has 1 rings (SSSR count). The number of ether oxygens (including phenoxy) is 2. The predicted molar refractivity (Wildman–Crippen MR) is 76.3 cm³/mol. The molecule has 0 saturated carbocycles. The Labute approximate surface area is 120 Å². The molecule has 8 heteroatoms. The molecular formula is C12H13N3O4S. The zero-order valence-corrected chi connectivity index (χ0v) is 11.7. The van der Waals surface area contributed by atoms with Gasteiger partial charge in [0, 0.05) is 5.56 Å². The predicted octanol–water partition coefficient (Wildman–Crippen LogP) is 0.183. The molecule has 1 aromatic carbocycles. The summed E-state index contributed by atoms with van der Waals surface area (Å²) in [6.45, 7) is 0. The molecule has 0 aromatic heterocycles. The van der Waals surface area contributed by atoms with Gasteiger partial charge in [0.2, 0.25) is 0 Å². The highest BCUT2D eigenvalue weighted by Crippen LogP contribution is 2.08. The van der Waals surface area contributed by atoms with E-state index in [1.807, 2.05) is 0 Å². The number of hydrazone groups is 1. The van der Waals surface area contributed by atoms with E-state index < -0.39 is 11.9 Å². The van der Waals surface area contributed by atoms with Crippen LogP contribution in [0.5, 0.6) is 0 Å². The van der Waals surface area contributed by atoms with Gasteiger partial charge in [0.15, 0.2) is 10.8 Å². The van der Waals surface area contributed by atoms with Crippen LogP contribution in [-0.2, 0) is 14.3 Å². The monoisotopic (exact) mass is 295 g/mol. The molecule has 0 fully saturated rings. The first-order valence-electron chi connectivity index (χ1n) is 5.39. The summed E-state index contributed by atoms with van der Waals surface area (Å²) >= 11 is 4.60. The normalized spacial score (nSPS) is 10.6. The molecule has 0 unspecified atom stereocenters. The first-order chi connectivity index (χ1) is 9.49. The van der Waals surface area contributed by atoms with E-state index in [-0.39, 0.29) is 10.8 Å². The summed E-state index contributed by atoms with van der Waals surface area (Å²) in [5.41, 5.74) is 8.33. The van der Waals surface area contributed by atoms with Gasteiger partial charge in [-0.15, -0.1) is 0 Å². The second kappa shape index (κ2) is 7.19. The summed E-state index contributed by atoms with van der Waals surface area (Å²) in [6, 6.07) is 6.06. The average molecular weight is 295 g/mol. The van der Waals surface area contributed by atoms with E-state index >= 15 is 0 Å². The zero-order chi connectivity index (χ0) is 15.1. The molecule has 1 aromatic rings. The number of carbonyl (C=O) groups excluding carboxylic acids is 2. The number of methoxy groups -OCH3 is 2. The summed E-state index contributed by atoms with van der Waals surface area (Å²) < 4.78 is 9.19. The van der Waals surface area contributed by atoms with Crippen molar-refractivity contribution < 1.29 is 19.1 Å². The van der Waals surface area contributed by atoms with Gasteiger partial charge in [-0.1, -0.05) is 12.1 Å². The summed E-state index contributed by atoms with van der Waals surface area (Å²) in [7, 11) is 2.51. The van der Waals surface area contributed by atoms with Crippen LogP contribution in [0.1, 0.15) is 15.9 Å². The molecule has 0 spiro atoms. The van der Waals surface area contributed by atoms with Gasteiger partial charge in [0.05, 0.1) is 19.8 Å². The van der Waals surface area contributed by atoms with Crippen LogP contribution >= 0.6 is 12.2 Å². The van der Waals surface area contributed by atoms with Gasteiger partial charge in [-0.05, 0) is 24.4 Å². The molecule has 0 atom stereocenters. The largest absolute Gasteiger partial charge is 0.465 e. The number of rotatable bonds is 4. The Morgan fingerprint density at radius 2 is 1.70 bits per heavy atom. The van der Waals surface area contributed by atoms with Gasteiger partial charge >= 0.3 is 11.9 Å². The average Bonchev–Trinajstić information content (AvgIpc) is 2.46. The van der Waals surface area contributed by atoms with Crippen molar-refractivity contribution in [1.29, 1.82) is 0 Å². The van der Waals surface area contributed by atoms with Crippen molar-refractivity contribution in [2.45, 2.75) is 0 Å². The quantitative estimate of drug-likeness (QED) is 0.353. The highest BCUT2D eigenvalue weighted by Gasteiger charge is 2.16. The molecule has 7 nitrogen and oxygen atoms in total. The van der Waals surface area contributed by atoms with Gasteiger partial charge in [0.1, 0.15) is 0 Å². The molecule has 0 aliphatic carbocycles. The molecule has 0 radical (unpaired) electrons. The van der Waals surface area contributed by atoms with Crippen molar-refractivity contribution >= 4 is 35.0 Å². The Balaban J connectivity index is 3.08. The first-order valence-corrected chi connectivity index (χ1v) is 5.80. The van der Waals surface area contributed by atoms with Crippen LogP contribution in [-0.4, -0.2) is 37.0 Å². The summed E-state index contributed by atoms with van der Waals surface area (Å²) in [6.07, 6.45) is 0. The Hall–Kier alpha value is -2.48. The molecule has 0 saturated heterocycles. The van der Waals surface area contributed by atoms with E-state index in [1.54, 1.807) is 0 Å². The van der Waals surface area contributed by atoms with E-state index in [0.717, 1.165) is 0 Å². The Morgan fingerprint density at radius 1 is 1.15 bits per heavy atom. The van der Waals surface area contributed by atoms with Crippen LogP contribution in [0.25, 0.3) is 0 Å². The minimum atomic E-state index is -0.667. The second-order valence-corrected chi connectivity index (χ2v) is 3.94. The van der Waals surface area contributed by atoms with Crippen molar-refractivity contribution in [3.8, 4) is 0 Å². The number of nitrogens with one attached hydrogen (secondary N) is 1. The van der Waals surface area contributed by atoms with Crippen molar-refractivity contribution in [2.75, 3.05) is 14.2 Å². The number of hydrogen-bond donors (Lipinski definition) is 2. The number of nitrogens with two attached hydrogens (primary N) is 1. The van der Waals surface area contributed by atoms with Gasteiger partial charge < -0.3 is 15.2 Å². The van der Waals surface area contributed by atoms with Crippen LogP contribution in [0.2, 0.25) is 0 Å². The maximum atomic E-state index is 11.6. The fraction of sp³-hybridized carbons (Fsp3) is 0.167. The third-order valence-corrected chi connectivity index (χ3v) is 2.33. The number of nitrogens with zero attached hydrogens (tertiary/aromatic N) is 1. The number of esters is 2. The lowest BCUT2D eigenvalue weighted by Crippen LogP contribution is -2.28. The Kier molecular flexibility index (Phi) is 5.60. The molecule has 0 bridgehead atoms. The van der Waals surface area contributed by atoms with Crippen LogP contribution < -0.4 is 11.2 Å². The van der Waals surface area contributed by atoms with E-state index in [1.165, 1.54) is 38.5 Å². The summed E-state index contributed by atoms with van der Waals surface area (Å²) in [5.74, 6) is -1.14. The first kappa shape index (κ1) is 15.6. The van der Waals surface area contributed by atoms with Crippen LogP contribution in [0.3, 0.4) is 0 Å². The lowest BCUT2D eigenvalue weighted by molar-refractivity contribution is -0.132. The second-order valence-electron chi connectivity index (χ2n) is 3.50. The smallest absolute Gasteiger partial charge is 0.359 e. The van der Waals surface area contributed by atoms with Gasteiger partial charge in [0.25, 0.3) is 0 Å². The number of carbonyl (C=O) groups is 2. The SMILES string of the molecule is COC(=O)/C(=N\NC(N)=S)c1ccc(C(=O)OC)cc1. The third-order valence-electron chi connectivity index (χ3n) is 2.24. The van der Waals surface area contributed by atoms with E-state index in [9.17, 15) is 9.59 Å². The molecule has 0 heterocycles. The van der Waals surface area contributed by atoms with E-state index in [4.69, 9.17) is 5.73 Å². The highest BCUT2D eigenvalue weighted by atomic mass is 32.1. The van der Waals surface area contributed by atoms with Crippen molar-refractivity contribution in [3.05, 3.63) is 35.4 Å². The lowest BCUT2D eigenvalue weighted by atomic mass is 10.1. The molecule has 3 N–H and O–H groups in total. The van der Waals surface area contributed by atoms with E-state index in [0.29, 0.717) is 11.1 Å². The lowest BCUT2D eigenvalue weighted by Gasteiger charge is -2.06. The summed E-state index contributed by atoms with van der Waals surface area (Å²) in [4.78, 5) is 22.9. The van der Waals surface area contributed by atoms with Gasteiger partial charge in [-0.25, -0.2) is 9.59 Å². The fourth-order valence-electron chi connectivity index (χ4n) is 1.32. The Bertz CT molecular complexity index is 554. The minimum absolute atomic E-state index is 0.0169. The molecule has 0 aliphatic rings. The third kappa shape index (κ3) is 4.02. The molecular weight excluding hydrogens is 282 g/mol. The zero-order valence-electron chi connectivity index (χ0n) is 10.9. The van der Waals surface area contributed by atoms with Gasteiger partial charge in [-0.2, -0.15) is 5.10 Å². The maximum Gasteiger partial charge on any atom is 0.359 e. The standard InChI is InChI=1S/C12H13N3O4S/c1-18-10(16)8-5-3-7(4-6-8)9(11(17)19-2)14-15-12(13)20/h3-6H,1-2H3,(H3,13,15,20)/b14-9-. The number of thiocarbonyl (C=S) groups is 1. The highest BCUT2D eigenvalue weighted by molar-refractivity contribution is 7.80. The maximum absolute atomic E-state index is 11.6. The van der Waals surface area contributed by atoms with Crippen LogP contribution in [0, 0.1) is 0 Å². The number of hydrogen-bond acceptors (Lipinski definition) is 6. The van der Waals surface area contributed by atoms with Crippen molar-refractivity contribution in [2.24, 2.45) is 10.8 Å². The molecule has 20 heavy (non-hydrogen) atoms. The summed E-state index contributed by atoms with van der Waals surface area (Å²) in [5, 5.41) is 3.68. The minimum Gasteiger partial charge on any atom is -0.465 e. The van der Waals surface area contributed by atoms with Crippen LogP contribution in [0.15, 0.2) is 29.4 Å². The van der Waals surface area contributed by atoms with Crippen molar-refractivity contribution in [3.63, 3.8) is 0 Å². The topological polar surface area (TPSA) is 103 Å². The van der Waals surface area contributed by atoms with Gasteiger partial charge in [-0.3, -0.25) is 5.43 Å². The molecule has 106 valence electrons. The van der Waals surface area contributed by atoms with E-state index in [2.05, 4.69) is 32.2 Å². The van der Waals surface area contributed by atoms with Crippen molar-refractivity contribution in [1.82, 2.24) is 5.43 Å². The molecule has 0 amide bonds. The molecule has 0 aliphatic heterocycles. The van der Waals surface area contributed by atoms with Crippen LogP contribution in [0.4, 0.5) is 0 Å². The fourth-order valence-corrected chi connectivity index (χ4v) is 1.36. The Morgan fingerprint density at radius 3 is 2.15 bits per heavy atom.